The molecular formula is C12H9ClN4O4. The highest BCUT2D eigenvalue weighted by Crippen LogP contribution is 2.38. The van der Waals surface area contributed by atoms with E-state index >= 15 is 0 Å². The SMILES string of the molecule is COc1cc(C(N)=O)cc(-c2cnc(Cl)nc2)c1[N+](=O)[O-]. The zero-order chi connectivity index (χ0) is 15.6. The number of primary amides is 1. The Morgan fingerprint density at radius 1 is 1.38 bits per heavy atom. The first-order valence-electron chi connectivity index (χ1n) is 5.58. The Hall–Kier alpha value is -2.74. The molecule has 2 aromatic rings. The van der Waals surface area contributed by atoms with Crippen LogP contribution in [0.25, 0.3) is 11.1 Å². The summed E-state index contributed by atoms with van der Waals surface area (Å²) in [5.41, 5.74) is 5.41. The summed E-state index contributed by atoms with van der Waals surface area (Å²) in [4.78, 5) is 29.5. The number of rotatable bonds is 4. The zero-order valence-corrected chi connectivity index (χ0v) is 11.5. The first kappa shape index (κ1) is 14.7. The number of aromatic nitrogens is 2. The van der Waals surface area contributed by atoms with E-state index in [1.54, 1.807) is 0 Å². The predicted molar refractivity (Wildman–Crippen MR) is 74.2 cm³/mol. The van der Waals surface area contributed by atoms with Gasteiger partial charge in [-0.25, -0.2) is 9.97 Å². The molecule has 21 heavy (non-hydrogen) atoms. The standard InChI is InChI=1S/C12H9ClN4O4/c1-21-9-3-6(11(14)18)2-8(10(9)17(19)20)7-4-15-12(13)16-5-7/h2-5H,1H3,(H2,14,18). The van der Waals surface area contributed by atoms with Gasteiger partial charge in [-0.1, -0.05) is 0 Å². The first-order chi connectivity index (χ1) is 9.93. The molecule has 0 aliphatic carbocycles. The van der Waals surface area contributed by atoms with E-state index in [4.69, 9.17) is 22.1 Å². The van der Waals surface area contributed by atoms with Crippen molar-refractivity contribution in [2.24, 2.45) is 5.73 Å². The fraction of sp³-hybridized carbons (Fsp3) is 0.0833. The van der Waals surface area contributed by atoms with Crippen LogP contribution >= 0.6 is 11.6 Å². The van der Waals surface area contributed by atoms with Gasteiger partial charge in [0.25, 0.3) is 0 Å². The van der Waals surface area contributed by atoms with Crippen LogP contribution in [0.15, 0.2) is 24.5 Å². The van der Waals surface area contributed by atoms with Gasteiger partial charge < -0.3 is 10.5 Å². The van der Waals surface area contributed by atoms with Crippen molar-refractivity contribution in [1.82, 2.24) is 9.97 Å². The number of nitro benzene ring substituents is 1. The maximum Gasteiger partial charge on any atom is 0.318 e. The molecule has 0 aliphatic heterocycles. The third-order valence-electron chi connectivity index (χ3n) is 2.69. The summed E-state index contributed by atoms with van der Waals surface area (Å²) in [6.07, 6.45) is 2.61. The Balaban J connectivity index is 2.77. The number of ether oxygens (including phenoxy) is 1. The Morgan fingerprint density at radius 3 is 2.48 bits per heavy atom. The molecule has 8 nitrogen and oxygen atoms in total. The zero-order valence-electron chi connectivity index (χ0n) is 10.7. The number of amides is 1. The van der Waals surface area contributed by atoms with Crippen molar-refractivity contribution < 1.29 is 14.5 Å². The lowest BCUT2D eigenvalue weighted by molar-refractivity contribution is -0.385. The third-order valence-corrected chi connectivity index (χ3v) is 2.89. The molecule has 1 aromatic heterocycles. The van der Waals surface area contributed by atoms with Crippen molar-refractivity contribution in [2.45, 2.75) is 0 Å². The van der Waals surface area contributed by atoms with E-state index in [0.29, 0.717) is 5.56 Å². The van der Waals surface area contributed by atoms with Crippen LogP contribution in [-0.2, 0) is 0 Å². The van der Waals surface area contributed by atoms with Crippen LogP contribution in [0.4, 0.5) is 5.69 Å². The van der Waals surface area contributed by atoms with Gasteiger partial charge >= 0.3 is 5.69 Å². The highest BCUT2D eigenvalue weighted by molar-refractivity contribution is 6.28. The van der Waals surface area contributed by atoms with Crippen molar-refractivity contribution in [3.05, 3.63) is 45.5 Å². The molecule has 0 unspecified atom stereocenters. The minimum absolute atomic E-state index is 0.000533. The van der Waals surface area contributed by atoms with Gasteiger partial charge in [-0.05, 0) is 17.7 Å². The summed E-state index contributed by atoms with van der Waals surface area (Å²) >= 11 is 5.59. The van der Waals surface area contributed by atoms with Gasteiger partial charge in [0.1, 0.15) is 0 Å². The lowest BCUT2D eigenvalue weighted by Gasteiger charge is -2.09. The molecule has 0 saturated carbocycles. The van der Waals surface area contributed by atoms with Gasteiger partial charge in [0.05, 0.1) is 17.6 Å². The molecule has 0 bridgehead atoms. The predicted octanol–water partition coefficient (Wildman–Crippen LogP) is 1.81. The third kappa shape index (κ3) is 2.90. The molecule has 0 aliphatic rings. The summed E-state index contributed by atoms with van der Waals surface area (Å²) in [6, 6.07) is 2.50. The second kappa shape index (κ2) is 5.71. The molecule has 0 atom stereocenters. The molecule has 9 heteroatoms. The number of nitro groups is 1. The highest BCUT2D eigenvalue weighted by atomic mass is 35.5. The lowest BCUT2D eigenvalue weighted by atomic mass is 10.0. The number of hydrogen-bond donors (Lipinski definition) is 1. The van der Waals surface area contributed by atoms with Gasteiger partial charge in [0, 0.05) is 29.6 Å². The number of hydrogen-bond acceptors (Lipinski definition) is 6. The quantitative estimate of drug-likeness (QED) is 0.522. The Labute approximate surface area is 123 Å². The van der Waals surface area contributed by atoms with Gasteiger partial charge in [-0.3, -0.25) is 14.9 Å². The second-order valence-electron chi connectivity index (χ2n) is 3.94. The second-order valence-corrected chi connectivity index (χ2v) is 4.27. The van der Waals surface area contributed by atoms with Crippen LogP contribution in [0.3, 0.4) is 0 Å². The number of halogens is 1. The van der Waals surface area contributed by atoms with E-state index < -0.39 is 10.8 Å². The van der Waals surface area contributed by atoms with E-state index in [0.717, 1.165) is 0 Å². The molecule has 1 amide bonds. The topological polar surface area (TPSA) is 121 Å². The van der Waals surface area contributed by atoms with Crippen LogP contribution in [0.5, 0.6) is 5.75 Å². The minimum Gasteiger partial charge on any atom is -0.490 e. The van der Waals surface area contributed by atoms with E-state index in [9.17, 15) is 14.9 Å². The average molecular weight is 309 g/mol. The van der Waals surface area contributed by atoms with Crippen LogP contribution in [0.1, 0.15) is 10.4 Å². The number of methoxy groups -OCH3 is 1. The molecule has 0 saturated heterocycles. The van der Waals surface area contributed by atoms with Gasteiger partial charge in [-0.15, -0.1) is 0 Å². The molecule has 0 radical (unpaired) electrons. The fourth-order valence-electron chi connectivity index (χ4n) is 1.77. The maximum absolute atomic E-state index is 11.3. The smallest absolute Gasteiger partial charge is 0.318 e. The lowest BCUT2D eigenvalue weighted by Crippen LogP contribution is -2.12. The number of nitrogens with two attached hydrogens (primary N) is 1. The number of carbonyl (C=O) groups is 1. The van der Waals surface area contributed by atoms with Gasteiger partial charge in [0.15, 0.2) is 5.75 Å². The normalized spacial score (nSPS) is 10.2. The van der Waals surface area contributed by atoms with E-state index in [-0.39, 0.29) is 27.8 Å². The molecule has 1 aromatic carbocycles. The largest absolute Gasteiger partial charge is 0.490 e. The van der Waals surface area contributed by atoms with E-state index in [2.05, 4.69) is 9.97 Å². The molecule has 2 rings (SSSR count). The Bertz CT molecular complexity index is 718. The number of benzene rings is 1. The number of carbonyl (C=O) groups excluding carboxylic acids is 1. The van der Waals surface area contributed by atoms with Crippen LogP contribution in [-0.4, -0.2) is 27.9 Å². The van der Waals surface area contributed by atoms with Gasteiger partial charge in [-0.2, -0.15) is 0 Å². The minimum atomic E-state index is -0.737. The van der Waals surface area contributed by atoms with Crippen molar-refractivity contribution in [1.29, 1.82) is 0 Å². The van der Waals surface area contributed by atoms with E-state index in [1.807, 2.05) is 0 Å². The van der Waals surface area contributed by atoms with Crippen molar-refractivity contribution in [2.75, 3.05) is 7.11 Å². The fourth-order valence-corrected chi connectivity index (χ4v) is 1.86. The van der Waals surface area contributed by atoms with Crippen LogP contribution < -0.4 is 10.5 Å². The van der Waals surface area contributed by atoms with Crippen LogP contribution in [0, 0.1) is 10.1 Å². The molecule has 2 N–H and O–H groups in total. The van der Waals surface area contributed by atoms with E-state index in [1.165, 1.54) is 31.6 Å². The molecule has 0 spiro atoms. The number of nitrogens with zero attached hydrogens (tertiary/aromatic N) is 3. The summed E-state index contributed by atoms with van der Waals surface area (Å²) in [5, 5.41) is 11.3. The molecule has 1 heterocycles. The monoisotopic (exact) mass is 308 g/mol. The summed E-state index contributed by atoms with van der Waals surface area (Å²) in [5.74, 6) is -0.819. The van der Waals surface area contributed by atoms with Crippen molar-refractivity contribution >= 4 is 23.2 Å². The Morgan fingerprint density at radius 2 is 2.00 bits per heavy atom. The Kier molecular flexibility index (Phi) is 3.99. The first-order valence-corrected chi connectivity index (χ1v) is 5.96. The molecular weight excluding hydrogens is 300 g/mol. The highest BCUT2D eigenvalue weighted by Gasteiger charge is 2.25. The summed E-state index contributed by atoms with van der Waals surface area (Å²) in [6.45, 7) is 0. The summed E-state index contributed by atoms with van der Waals surface area (Å²) < 4.78 is 4.97. The summed E-state index contributed by atoms with van der Waals surface area (Å²) in [7, 11) is 1.26. The molecule has 0 fully saturated rings. The van der Waals surface area contributed by atoms with Crippen molar-refractivity contribution in [3.63, 3.8) is 0 Å². The average Bonchev–Trinajstić information content (AvgIpc) is 2.46. The maximum atomic E-state index is 11.3. The van der Waals surface area contributed by atoms with Crippen molar-refractivity contribution in [3.8, 4) is 16.9 Å². The molecule has 108 valence electrons. The van der Waals surface area contributed by atoms with Gasteiger partial charge in [0.2, 0.25) is 11.2 Å². The van der Waals surface area contributed by atoms with Crippen LogP contribution in [0.2, 0.25) is 5.28 Å².